The van der Waals surface area contributed by atoms with Crippen molar-refractivity contribution in [3.63, 3.8) is 0 Å². The number of aromatic carboxylic acids is 1. The average Bonchev–Trinajstić information content (AvgIpc) is 2.91. The van der Waals surface area contributed by atoms with Crippen LogP contribution in [0.1, 0.15) is 21.7 Å². The van der Waals surface area contributed by atoms with E-state index in [1.54, 1.807) is 7.05 Å². The van der Waals surface area contributed by atoms with Gasteiger partial charge in [-0.25, -0.2) is 13.2 Å². The molecule has 0 spiro atoms. The summed E-state index contributed by atoms with van der Waals surface area (Å²) in [7, 11) is -2.28. The van der Waals surface area contributed by atoms with Gasteiger partial charge in [0.25, 0.3) is 5.69 Å². The minimum atomic E-state index is -3.90. The molecule has 0 bridgehead atoms. The van der Waals surface area contributed by atoms with Crippen LogP contribution in [0.3, 0.4) is 0 Å². The Hall–Kier alpha value is -2.79. The summed E-state index contributed by atoms with van der Waals surface area (Å²) in [6.45, 7) is 0.0645. The van der Waals surface area contributed by atoms with E-state index in [9.17, 15) is 28.4 Å². The van der Waals surface area contributed by atoms with Crippen LogP contribution in [0.4, 0.5) is 5.69 Å². The molecule has 0 saturated heterocycles. The number of nitrogens with zero attached hydrogens (tertiary/aromatic N) is 4. The van der Waals surface area contributed by atoms with Crippen LogP contribution in [-0.2, 0) is 30.0 Å². The molecular formula is C14H14N4O6S. The molecule has 1 aromatic heterocycles. The summed E-state index contributed by atoms with van der Waals surface area (Å²) in [5.41, 5.74) is 0.681. The van der Waals surface area contributed by atoms with Crippen molar-refractivity contribution in [2.45, 2.75) is 17.9 Å². The van der Waals surface area contributed by atoms with E-state index >= 15 is 0 Å². The van der Waals surface area contributed by atoms with Gasteiger partial charge in [-0.15, -0.1) is 0 Å². The molecule has 1 aromatic carbocycles. The van der Waals surface area contributed by atoms with E-state index in [1.807, 2.05) is 0 Å². The number of rotatable bonds is 4. The number of nitro groups is 1. The lowest BCUT2D eigenvalue weighted by Gasteiger charge is -2.26. The number of aromatic nitrogens is 2. The quantitative estimate of drug-likeness (QED) is 0.623. The minimum absolute atomic E-state index is 0.0812. The molecule has 0 fully saturated rings. The highest BCUT2D eigenvalue weighted by Crippen LogP contribution is 2.27. The predicted molar refractivity (Wildman–Crippen MR) is 84.6 cm³/mol. The van der Waals surface area contributed by atoms with Crippen molar-refractivity contribution in [1.29, 1.82) is 0 Å². The second kappa shape index (κ2) is 5.93. The van der Waals surface area contributed by atoms with Gasteiger partial charge in [-0.3, -0.25) is 14.8 Å². The highest BCUT2D eigenvalue weighted by atomic mass is 32.2. The largest absolute Gasteiger partial charge is 0.476 e. The molecule has 3 rings (SSSR count). The fourth-order valence-electron chi connectivity index (χ4n) is 2.83. The molecule has 25 heavy (non-hydrogen) atoms. The molecule has 1 aliphatic heterocycles. The maximum Gasteiger partial charge on any atom is 0.356 e. The van der Waals surface area contributed by atoms with E-state index < -0.39 is 20.9 Å². The van der Waals surface area contributed by atoms with Gasteiger partial charge in [0.1, 0.15) is 0 Å². The number of hydrogen-bond acceptors (Lipinski definition) is 6. The summed E-state index contributed by atoms with van der Waals surface area (Å²) in [5.74, 6) is -1.22. The SMILES string of the molecule is Cn1nc(C(=O)O)c2c1CCN(S(=O)(=O)c1ccc([N+](=O)[O-])cc1)C2. The van der Waals surface area contributed by atoms with Gasteiger partial charge in [-0.2, -0.15) is 9.40 Å². The van der Waals surface area contributed by atoms with E-state index in [0.29, 0.717) is 17.7 Å². The summed E-state index contributed by atoms with van der Waals surface area (Å²) in [5, 5.41) is 23.9. The number of carboxylic acids is 1. The lowest BCUT2D eigenvalue weighted by molar-refractivity contribution is -0.384. The van der Waals surface area contributed by atoms with Crippen molar-refractivity contribution in [1.82, 2.24) is 14.1 Å². The normalized spacial score (nSPS) is 14.9. The van der Waals surface area contributed by atoms with E-state index in [4.69, 9.17) is 0 Å². The number of benzene rings is 1. The summed E-state index contributed by atoms with van der Waals surface area (Å²) in [4.78, 5) is 21.3. The second-order valence-electron chi connectivity index (χ2n) is 5.54. The Morgan fingerprint density at radius 3 is 2.52 bits per heavy atom. The Labute approximate surface area is 142 Å². The van der Waals surface area contributed by atoms with Crippen molar-refractivity contribution < 1.29 is 23.2 Å². The van der Waals surface area contributed by atoms with Crippen LogP contribution in [0.2, 0.25) is 0 Å². The first-order valence-electron chi connectivity index (χ1n) is 7.24. The molecule has 132 valence electrons. The number of carbonyl (C=O) groups is 1. The average molecular weight is 366 g/mol. The second-order valence-corrected chi connectivity index (χ2v) is 7.48. The molecule has 0 unspecified atom stereocenters. The third-order valence-corrected chi connectivity index (χ3v) is 5.95. The first kappa shape index (κ1) is 17.0. The van der Waals surface area contributed by atoms with Gasteiger partial charge in [0.05, 0.1) is 9.82 Å². The fourth-order valence-corrected chi connectivity index (χ4v) is 4.24. The molecule has 2 heterocycles. The van der Waals surface area contributed by atoms with E-state index in [2.05, 4.69) is 5.10 Å². The molecule has 0 atom stereocenters. The molecule has 0 radical (unpaired) electrons. The van der Waals surface area contributed by atoms with Crippen LogP contribution in [-0.4, -0.2) is 45.0 Å². The number of aryl methyl sites for hydroxylation is 1. The van der Waals surface area contributed by atoms with Crippen LogP contribution >= 0.6 is 0 Å². The van der Waals surface area contributed by atoms with Crippen LogP contribution in [0.25, 0.3) is 0 Å². The summed E-state index contributed by atoms with van der Waals surface area (Å²) in [6, 6.07) is 4.58. The molecule has 2 aromatic rings. The molecule has 0 aliphatic carbocycles. The molecule has 0 amide bonds. The summed E-state index contributed by atoms with van der Waals surface area (Å²) < 4.78 is 28.1. The van der Waals surface area contributed by atoms with Crippen LogP contribution < -0.4 is 0 Å². The zero-order chi connectivity index (χ0) is 18.4. The number of sulfonamides is 1. The fraction of sp³-hybridized carbons (Fsp3) is 0.286. The number of hydrogen-bond donors (Lipinski definition) is 1. The lowest BCUT2D eigenvalue weighted by atomic mass is 10.1. The van der Waals surface area contributed by atoms with E-state index in [0.717, 1.165) is 16.4 Å². The van der Waals surface area contributed by atoms with Crippen molar-refractivity contribution in [2.75, 3.05) is 6.54 Å². The molecule has 1 aliphatic rings. The Balaban J connectivity index is 1.95. The molecule has 0 saturated carbocycles. The van der Waals surface area contributed by atoms with Crippen molar-refractivity contribution in [2.24, 2.45) is 7.05 Å². The van der Waals surface area contributed by atoms with Gasteiger partial charge in [-0.05, 0) is 12.1 Å². The van der Waals surface area contributed by atoms with Gasteiger partial charge < -0.3 is 5.11 Å². The van der Waals surface area contributed by atoms with Crippen LogP contribution in [0.5, 0.6) is 0 Å². The Morgan fingerprint density at radius 1 is 1.32 bits per heavy atom. The van der Waals surface area contributed by atoms with Gasteiger partial charge in [0.15, 0.2) is 5.69 Å². The highest BCUT2D eigenvalue weighted by molar-refractivity contribution is 7.89. The number of nitro benzene ring substituents is 1. The topological polar surface area (TPSA) is 136 Å². The highest BCUT2D eigenvalue weighted by Gasteiger charge is 2.33. The molecular weight excluding hydrogens is 352 g/mol. The van der Waals surface area contributed by atoms with Crippen molar-refractivity contribution in [3.05, 3.63) is 51.3 Å². The third-order valence-electron chi connectivity index (χ3n) is 4.10. The summed E-state index contributed by atoms with van der Waals surface area (Å²) in [6.07, 6.45) is 0.332. The van der Waals surface area contributed by atoms with Crippen molar-refractivity contribution >= 4 is 21.7 Å². The smallest absolute Gasteiger partial charge is 0.356 e. The van der Waals surface area contributed by atoms with Crippen molar-refractivity contribution in [3.8, 4) is 0 Å². The monoisotopic (exact) mass is 366 g/mol. The number of carboxylic acid groups (broad SMARTS) is 1. The summed E-state index contributed by atoms with van der Waals surface area (Å²) >= 11 is 0. The third kappa shape index (κ3) is 2.87. The minimum Gasteiger partial charge on any atom is -0.476 e. The predicted octanol–water partition coefficient (Wildman–Crippen LogP) is 0.774. The van der Waals surface area contributed by atoms with E-state index in [-0.39, 0.29) is 29.4 Å². The van der Waals surface area contributed by atoms with E-state index in [1.165, 1.54) is 16.8 Å². The maximum absolute atomic E-state index is 12.7. The standard InChI is InChI=1S/C14H14N4O6S/c1-16-12-6-7-17(8-11(12)13(15-16)14(19)20)25(23,24)10-4-2-9(3-5-10)18(21)22/h2-5H,6-8H2,1H3,(H,19,20). The Kier molecular flexibility index (Phi) is 4.05. The molecule has 10 nitrogen and oxygen atoms in total. The van der Waals surface area contributed by atoms with Gasteiger partial charge in [0, 0.05) is 49.9 Å². The number of fused-ring (bicyclic) bond motifs is 1. The van der Waals surface area contributed by atoms with Gasteiger partial charge in [-0.1, -0.05) is 0 Å². The zero-order valence-corrected chi connectivity index (χ0v) is 13.9. The first-order chi connectivity index (χ1) is 11.7. The first-order valence-corrected chi connectivity index (χ1v) is 8.68. The Morgan fingerprint density at radius 2 is 1.96 bits per heavy atom. The number of non-ortho nitro benzene ring substituents is 1. The Bertz CT molecular complexity index is 964. The maximum atomic E-state index is 12.7. The van der Waals surface area contributed by atoms with Gasteiger partial charge in [0.2, 0.25) is 10.0 Å². The zero-order valence-electron chi connectivity index (χ0n) is 13.1. The van der Waals surface area contributed by atoms with Crippen LogP contribution in [0.15, 0.2) is 29.2 Å². The molecule has 1 N–H and O–H groups in total. The lowest BCUT2D eigenvalue weighted by Crippen LogP contribution is -2.36. The van der Waals surface area contributed by atoms with Crippen LogP contribution in [0, 0.1) is 10.1 Å². The molecule has 11 heteroatoms. The van der Waals surface area contributed by atoms with Gasteiger partial charge >= 0.3 is 5.97 Å².